The topological polar surface area (TPSA) is 34.1 Å². The van der Waals surface area contributed by atoms with Gasteiger partial charge in [0.15, 0.2) is 11.6 Å². The smallest absolute Gasteiger partial charge is 0.169 e. The fourth-order valence-corrected chi connectivity index (χ4v) is 7.41. The molecule has 2 aromatic heterocycles. The molecule has 210 valence electrons. The zero-order valence-corrected chi connectivity index (χ0v) is 26.3. The van der Waals surface area contributed by atoms with E-state index in [-0.39, 0.29) is 11.6 Å². The standard InChI is InChI=1S/C40H26O2S2/c1-23-5-9-27(10-6-23)13-15-31-33-17-29-19-37(25(3)41)43-39(29)21-35(33)32(16-14-28-11-7-24(2)8-12-28)36-22-40-30(18-34(31)36)20-38(44-40)26(4)42/h5-12,17-22H,1-4H3. The van der Waals surface area contributed by atoms with E-state index in [1.807, 2.05) is 36.4 Å². The fraction of sp³-hybridized carbons (Fsp3) is 0.100. The third-order valence-corrected chi connectivity index (χ3v) is 10.2. The van der Waals surface area contributed by atoms with Crippen LogP contribution in [0.1, 0.15) is 66.6 Å². The van der Waals surface area contributed by atoms with Crippen molar-refractivity contribution in [2.24, 2.45) is 0 Å². The summed E-state index contributed by atoms with van der Waals surface area (Å²) in [5.41, 5.74) is 6.07. The molecule has 0 saturated heterocycles. The lowest BCUT2D eigenvalue weighted by Gasteiger charge is -2.12. The molecule has 0 N–H and O–H groups in total. The van der Waals surface area contributed by atoms with Crippen molar-refractivity contribution in [2.45, 2.75) is 27.7 Å². The summed E-state index contributed by atoms with van der Waals surface area (Å²) in [4.78, 5) is 26.1. The van der Waals surface area contributed by atoms with Crippen molar-refractivity contribution in [1.82, 2.24) is 0 Å². The molecule has 2 nitrogen and oxygen atoms in total. The molecule has 5 aromatic carbocycles. The Morgan fingerprint density at radius 3 is 1.23 bits per heavy atom. The van der Waals surface area contributed by atoms with Crippen LogP contribution < -0.4 is 0 Å². The van der Waals surface area contributed by atoms with Crippen LogP contribution in [0.4, 0.5) is 0 Å². The van der Waals surface area contributed by atoms with Gasteiger partial charge in [-0.15, -0.1) is 22.7 Å². The molecule has 0 aliphatic carbocycles. The van der Waals surface area contributed by atoms with Gasteiger partial charge < -0.3 is 0 Å². The lowest BCUT2D eigenvalue weighted by atomic mass is 9.90. The summed E-state index contributed by atoms with van der Waals surface area (Å²) in [7, 11) is 0. The van der Waals surface area contributed by atoms with Crippen molar-refractivity contribution in [2.75, 3.05) is 0 Å². The molecule has 0 amide bonds. The largest absolute Gasteiger partial charge is 0.294 e. The first-order valence-electron chi connectivity index (χ1n) is 14.3. The van der Waals surface area contributed by atoms with Crippen LogP contribution in [0.5, 0.6) is 0 Å². The van der Waals surface area contributed by atoms with Gasteiger partial charge in [0.2, 0.25) is 0 Å². The lowest BCUT2D eigenvalue weighted by Crippen LogP contribution is -1.91. The molecule has 44 heavy (non-hydrogen) atoms. The highest BCUT2D eigenvalue weighted by atomic mass is 32.1. The van der Waals surface area contributed by atoms with Crippen LogP contribution in [0.3, 0.4) is 0 Å². The van der Waals surface area contributed by atoms with Crippen LogP contribution in [0.25, 0.3) is 41.7 Å². The predicted molar refractivity (Wildman–Crippen MR) is 187 cm³/mol. The van der Waals surface area contributed by atoms with Gasteiger partial charge in [0.1, 0.15) is 0 Å². The van der Waals surface area contributed by atoms with Gasteiger partial charge in [0.25, 0.3) is 0 Å². The number of thiophene rings is 2. The highest BCUT2D eigenvalue weighted by molar-refractivity contribution is 7.21. The number of aryl methyl sites for hydroxylation is 2. The van der Waals surface area contributed by atoms with Crippen LogP contribution in [0.15, 0.2) is 84.9 Å². The number of carbonyl (C=O) groups excluding carboxylic acids is 2. The Kier molecular flexibility index (Phi) is 6.91. The van der Waals surface area contributed by atoms with Crippen molar-refractivity contribution in [1.29, 1.82) is 0 Å². The van der Waals surface area contributed by atoms with E-state index in [9.17, 15) is 9.59 Å². The van der Waals surface area contributed by atoms with Gasteiger partial charge in [-0.25, -0.2) is 0 Å². The van der Waals surface area contributed by atoms with E-state index < -0.39 is 0 Å². The molecular weight excluding hydrogens is 577 g/mol. The summed E-state index contributed by atoms with van der Waals surface area (Å²) in [6, 6.07) is 29.0. The zero-order chi connectivity index (χ0) is 30.5. The van der Waals surface area contributed by atoms with Gasteiger partial charge in [0, 0.05) is 42.4 Å². The van der Waals surface area contributed by atoms with E-state index in [1.54, 1.807) is 13.8 Å². The van der Waals surface area contributed by atoms with Crippen molar-refractivity contribution >= 4 is 76.0 Å². The van der Waals surface area contributed by atoms with Crippen molar-refractivity contribution < 1.29 is 9.59 Å². The molecule has 0 bridgehead atoms. The monoisotopic (exact) mass is 602 g/mol. The molecule has 2 heterocycles. The number of rotatable bonds is 2. The molecular formula is C40H26O2S2. The van der Waals surface area contributed by atoms with Crippen LogP contribution in [-0.4, -0.2) is 11.6 Å². The molecule has 7 rings (SSSR count). The number of hydrogen-bond acceptors (Lipinski definition) is 4. The first kappa shape index (κ1) is 27.8. The lowest BCUT2D eigenvalue weighted by molar-refractivity contribution is 0.101. The average molecular weight is 603 g/mol. The zero-order valence-electron chi connectivity index (χ0n) is 24.7. The number of hydrogen-bond donors (Lipinski definition) is 0. The summed E-state index contributed by atoms with van der Waals surface area (Å²) < 4.78 is 2.07. The van der Waals surface area contributed by atoms with Crippen LogP contribution in [-0.2, 0) is 0 Å². The number of Topliss-reactive ketones (excluding diaryl/α,β-unsaturated/α-hetero) is 2. The molecule has 0 atom stereocenters. The van der Waals surface area contributed by atoms with E-state index in [1.165, 1.54) is 33.8 Å². The Bertz CT molecular complexity index is 2180. The van der Waals surface area contributed by atoms with Gasteiger partial charge in [-0.05, 0) is 110 Å². The summed E-state index contributed by atoms with van der Waals surface area (Å²) in [5.74, 6) is 14.0. The Labute approximate surface area is 264 Å². The van der Waals surface area contributed by atoms with Crippen molar-refractivity contribution in [3.8, 4) is 23.7 Å². The van der Waals surface area contributed by atoms with E-state index >= 15 is 0 Å². The Morgan fingerprint density at radius 2 is 0.864 bits per heavy atom. The third-order valence-electron chi connectivity index (χ3n) is 7.85. The summed E-state index contributed by atoms with van der Waals surface area (Å²) >= 11 is 3.02. The summed E-state index contributed by atoms with van der Waals surface area (Å²) in [6.45, 7) is 7.35. The van der Waals surface area contributed by atoms with E-state index in [4.69, 9.17) is 0 Å². The molecule has 0 saturated carbocycles. The van der Waals surface area contributed by atoms with Gasteiger partial charge in [0.05, 0.1) is 9.75 Å². The Hall–Kier alpha value is -5.00. The van der Waals surface area contributed by atoms with Crippen molar-refractivity contribution in [3.63, 3.8) is 0 Å². The highest BCUT2D eigenvalue weighted by Gasteiger charge is 2.17. The van der Waals surface area contributed by atoms with Crippen LogP contribution in [0, 0.1) is 37.5 Å². The molecule has 0 unspecified atom stereocenters. The van der Waals surface area contributed by atoms with E-state index in [0.717, 1.165) is 73.7 Å². The van der Waals surface area contributed by atoms with E-state index in [2.05, 4.69) is 86.1 Å². The normalized spacial score (nSPS) is 11.0. The van der Waals surface area contributed by atoms with Crippen LogP contribution >= 0.6 is 22.7 Å². The van der Waals surface area contributed by atoms with Gasteiger partial charge >= 0.3 is 0 Å². The summed E-state index contributed by atoms with van der Waals surface area (Å²) in [5, 5.41) is 6.01. The minimum atomic E-state index is 0.0562. The molecule has 0 radical (unpaired) electrons. The second-order valence-corrected chi connectivity index (χ2v) is 13.4. The average Bonchev–Trinajstić information content (AvgIpc) is 3.63. The SMILES string of the molecule is CC(=O)c1cc2cc3c(C#Cc4ccc(C)cc4)c4cc5cc(C(C)=O)sc5cc4c(C#Cc4ccc(C)cc4)c3cc2s1. The molecule has 0 fully saturated rings. The second-order valence-electron chi connectivity index (χ2n) is 11.2. The van der Waals surface area contributed by atoms with Gasteiger partial charge in [-0.3, -0.25) is 9.59 Å². The summed E-state index contributed by atoms with van der Waals surface area (Å²) in [6.07, 6.45) is 0. The van der Waals surface area contributed by atoms with Gasteiger partial charge in [-0.1, -0.05) is 59.1 Å². The Morgan fingerprint density at radius 1 is 0.500 bits per heavy atom. The maximum Gasteiger partial charge on any atom is 0.169 e. The number of ketones is 2. The predicted octanol–water partition coefficient (Wildman–Crippen LogP) is 10.2. The fourth-order valence-electron chi connectivity index (χ4n) is 5.45. The molecule has 0 aliphatic heterocycles. The quantitative estimate of drug-likeness (QED) is 0.112. The minimum absolute atomic E-state index is 0.0562. The molecule has 0 spiro atoms. The first-order valence-corrected chi connectivity index (χ1v) is 16.0. The number of carbonyl (C=O) groups is 2. The maximum atomic E-state index is 12.3. The maximum absolute atomic E-state index is 12.3. The Balaban J connectivity index is 1.62. The molecule has 4 heteroatoms. The second kappa shape index (κ2) is 10.9. The minimum Gasteiger partial charge on any atom is -0.294 e. The first-order chi connectivity index (χ1) is 21.2. The molecule has 0 aliphatic rings. The highest BCUT2D eigenvalue weighted by Crippen LogP contribution is 2.40. The third kappa shape index (κ3) is 5.10. The number of benzene rings is 5. The van der Waals surface area contributed by atoms with E-state index in [0.29, 0.717) is 0 Å². The number of fused-ring (bicyclic) bond motifs is 4. The van der Waals surface area contributed by atoms with Crippen LogP contribution in [0.2, 0.25) is 0 Å². The van der Waals surface area contributed by atoms with Gasteiger partial charge in [-0.2, -0.15) is 0 Å². The van der Waals surface area contributed by atoms with Crippen molar-refractivity contribution in [3.05, 3.63) is 128 Å². The molecule has 7 aromatic rings.